The van der Waals surface area contributed by atoms with E-state index >= 15 is 0 Å². The number of rotatable bonds is 4. The predicted octanol–water partition coefficient (Wildman–Crippen LogP) is 2.10. The van der Waals surface area contributed by atoms with Gasteiger partial charge >= 0.3 is 0 Å². The molecule has 118 valence electrons. The maximum absolute atomic E-state index is 13.4. The maximum Gasteiger partial charge on any atom is 0.263 e. The summed E-state index contributed by atoms with van der Waals surface area (Å²) in [7, 11) is 0. The summed E-state index contributed by atoms with van der Waals surface area (Å²) in [5.74, 6) is -0.296. The van der Waals surface area contributed by atoms with Crippen molar-refractivity contribution in [3.8, 4) is 12.3 Å². The lowest BCUT2D eigenvalue weighted by molar-refractivity contribution is 0.0956. The zero-order valence-corrected chi connectivity index (χ0v) is 12.3. The van der Waals surface area contributed by atoms with E-state index in [9.17, 15) is 18.4 Å². The standard InChI is InChI=1S/C17H14F2N2O2/c1-3-8-20-16(22)13-5-4-9-21(17(13)23)11(2)12-6-7-14(18)15(19)10-12/h1,4-7,9-11H,8H2,2H3,(H,20,22)/t11-/m1/s1. The van der Waals surface area contributed by atoms with Gasteiger partial charge in [0.05, 0.1) is 12.6 Å². The summed E-state index contributed by atoms with van der Waals surface area (Å²) in [6.07, 6.45) is 6.54. The number of carbonyl (C=O) groups is 1. The number of hydrogen-bond acceptors (Lipinski definition) is 2. The number of amides is 1. The third-order valence-corrected chi connectivity index (χ3v) is 3.41. The Morgan fingerprint density at radius 2 is 2.09 bits per heavy atom. The number of pyridine rings is 1. The molecule has 1 heterocycles. The van der Waals surface area contributed by atoms with Crippen LogP contribution in [-0.4, -0.2) is 17.0 Å². The molecule has 1 atom stereocenters. The number of terminal acetylenes is 1. The molecule has 0 radical (unpaired) electrons. The molecule has 23 heavy (non-hydrogen) atoms. The Bertz CT molecular complexity index is 837. The minimum atomic E-state index is -0.995. The van der Waals surface area contributed by atoms with Crippen molar-refractivity contribution in [3.05, 3.63) is 69.6 Å². The molecule has 2 rings (SSSR count). The monoisotopic (exact) mass is 316 g/mol. The molecule has 0 bridgehead atoms. The molecule has 0 aliphatic carbocycles. The Kier molecular flexibility index (Phi) is 4.91. The average Bonchev–Trinajstić information content (AvgIpc) is 2.54. The van der Waals surface area contributed by atoms with E-state index in [4.69, 9.17) is 6.42 Å². The summed E-state index contributed by atoms with van der Waals surface area (Å²) >= 11 is 0. The molecular weight excluding hydrogens is 302 g/mol. The van der Waals surface area contributed by atoms with Crippen LogP contribution in [0.5, 0.6) is 0 Å². The minimum absolute atomic E-state index is 0.00585. The number of carbonyl (C=O) groups excluding carboxylic acids is 1. The van der Waals surface area contributed by atoms with Gasteiger partial charge in [-0.15, -0.1) is 6.42 Å². The van der Waals surface area contributed by atoms with Crippen LogP contribution in [0.1, 0.15) is 28.9 Å². The smallest absolute Gasteiger partial charge is 0.263 e. The van der Waals surface area contributed by atoms with E-state index in [0.29, 0.717) is 5.56 Å². The second-order valence-electron chi connectivity index (χ2n) is 4.87. The first-order valence-corrected chi connectivity index (χ1v) is 6.83. The van der Waals surface area contributed by atoms with Crippen molar-refractivity contribution in [2.24, 2.45) is 0 Å². The van der Waals surface area contributed by atoms with E-state index in [1.807, 2.05) is 0 Å². The van der Waals surface area contributed by atoms with Gasteiger partial charge in [0.1, 0.15) is 5.56 Å². The van der Waals surface area contributed by atoms with Crippen LogP contribution in [0.4, 0.5) is 8.78 Å². The van der Waals surface area contributed by atoms with Crippen LogP contribution in [0.3, 0.4) is 0 Å². The summed E-state index contributed by atoms with van der Waals surface area (Å²) in [5, 5.41) is 2.41. The van der Waals surface area contributed by atoms with Crippen molar-refractivity contribution in [1.82, 2.24) is 9.88 Å². The molecule has 0 aliphatic heterocycles. The second-order valence-corrected chi connectivity index (χ2v) is 4.87. The van der Waals surface area contributed by atoms with Crippen molar-refractivity contribution in [3.63, 3.8) is 0 Å². The first kappa shape index (κ1) is 16.4. The molecule has 0 saturated carbocycles. The fourth-order valence-corrected chi connectivity index (χ4v) is 2.15. The number of halogens is 2. The van der Waals surface area contributed by atoms with Crippen molar-refractivity contribution in [1.29, 1.82) is 0 Å². The van der Waals surface area contributed by atoms with Crippen LogP contribution < -0.4 is 10.9 Å². The number of benzene rings is 1. The quantitative estimate of drug-likeness (QED) is 0.878. The van der Waals surface area contributed by atoms with E-state index in [-0.39, 0.29) is 12.1 Å². The Labute approximate surface area is 131 Å². The van der Waals surface area contributed by atoms with Gasteiger partial charge in [0.25, 0.3) is 11.5 Å². The third kappa shape index (κ3) is 3.46. The van der Waals surface area contributed by atoms with Gasteiger partial charge in [-0.3, -0.25) is 9.59 Å². The number of hydrogen-bond donors (Lipinski definition) is 1. The molecule has 0 fully saturated rings. The highest BCUT2D eigenvalue weighted by Crippen LogP contribution is 2.18. The van der Waals surface area contributed by atoms with Crippen LogP contribution in [0.2, 0.25) is 0 Å². The highest BCUT2D eigenvalue weighted by molar-refractivity contribution is 5.93. The number of nitrogens with one attached hydrogen (secondary N) is 1. The van der Waals surface area contributed by atoms with Crippen molar-refractivity contribution >= 4 is 5.91 Å². The van der Waals surface area contributed by atoms with Crippen LogP contribution >= 0.6 is 0 Å². The topological polar surface area (TPSA) is 51.1 Å². The first-order chi connectivity index (χ1) is 11.0. The molecular formula is C17H14F2N2O2. The number of aromatic nitrogens is 1. The summed E-state index contributed by atoms with van der Waals surface area (Å²) in [5.41, 5.74) is -0.205. The SMILES string of the molecule is C#CCNC(=O)c1cccn([C@H](C)c2ccc(F)c(F)c2)c1=O. The molecule has 1 N–H and O–H groups in total. The Morgan fingerprint density at radius 3 is 2.74 bits per heavy atom. The third-order valence-electron chi connectivity index (χ3n) is 3.41. The highest BCUT2D eigenvalue weighted by Gasteiger charge is 2.16. The lowest BCUT2D eigenvalue weighted by Gasteiger charge is -2.16. The number of nitrogens with zero attached hydrogens (tertiary/aromatic N) is 1. The van der Waals surface area contributed by atoms with Gasteiger partial charge in [0.2, 0.25) is 0 Å². The molecule has 1 aromatic heterocycles. The molecule has 0 saturated heterocycles. The van der Waals surface area contributed by atoms with Gasteiger partial charge in [-0.2, -0.15) is 0 Å². The van der Waals surface area contributed by atoms with Gasteiger partial charge in [-0.05, 0) is 36.8 Å². The largest absolute Gasteiger partial charge is 0.341 e. The molecule has 0 aliphatic rings. The van der Waals surface area contributed by atoms with E-state index in [0.717, 1.165) is 12.1 Å². The molecule has 1 aromatic carbocycles. The average molecular weight is 316 g/mol. The van der Waals surface area contributed by atoms with Crippen molar-refractivity contribution < 1.29 is 13.6 Å². The van der Waals surface area contributed by atoms with Crippen molar-refractivity contribution in [2.45, 2.75) is 13.0 Å². The summed E-state index contributed by atoms with van der Waals surface area (Å²) in [6, 6.07) is 5.75. The van der Waals surface area contributed by atoms with Gasteiger partial charge in [-0.1, -0.05) is 12.0 Å². The Hall–Kier alpha value is -2.94. The maximum atomic E-state index is 13.4. The summed E-state index contributed by atoms with van der Waals surface area (Å²) < 4.78 is 27.7. The molecule has 0 unspecified atom stereocenters. The van der Waals surface area contributed by atoms with E-state index in [2.05, 4.69) is 11.2 Å². The molecule has 2 aromatic rings. The van der Waals surface area contributed by atoms with Crippen LogP contribution in [0.15, 0.2) is 41.3 Å². The molecule has 4 nitrogen and oxygen atoms in total. The Morgan fingerprint density at radius 1 is 1.35 bits per heavy atom. The van der Waals surface area contributed by atoms with Gasteiger partial charge in [-0.25, -0.2) is 8.78 Å². The van der Waals surface area contributed by atoms with Crippen molar-refractivity contribution in [2.75, 3.05) is 6.54 Å². The summed E-state index contributed by atoms with van der Waals surface area (Å²) in [4.78, 5) is 24.3. The molecule has 6 heteroatoms. The van der Waals surface area contributed by atoms with Crippen LogP contribution in [0.25, 0.3) is 0 Å². The molecule has 0 spiro atoms. The second kappa shape index (κ2) is 6.88. The fourth-order valence-electron chi connectivity index (χ4n) is 2.15. The van der Waals surface area contributed by atoms with Gasteiger partial charge in [0, 0.05) is 6.20 Å². The van der Waals surface area contributed by atoms with E-state index in [1.54, 1.807) is 6.92 Å². The zero-order chi connectivity index (χ0) is 17.0. The normalized spacial score (nSPS) is 11.6. The molecule has 1 amide bonds. The van der Waals surface area contributed by atoms with Crippen LogP contribution in [-0.2, 0) is 0 Å². The van der Waals surface area contributed by atoms with Crippen LogP contribution in [0, 0.1) is 24.0 Å². The van der Waals surface area contributed by atoms with E-state index in [1.165, 1.54) is 29.0 Å². The Balaban J connectivity index is 2.40. The lowest BCUT2D eigenvalue weighted by atomic mass is 10.1. The van der Waals surface area contributed by atoms with Gasteiger partial charge in [0.15, 0.2) is 11.6 Å². The van der Waals surface area contributed by atoms with E-state index < -0.39 is 29.1 Å². The highest BCUT2D eigenvalue weighted by atomic mass is 19.2. The minimum Gasteiger partial charge on any atom is -0.341 e. The fraction of sp³-hybridized carbons (Fsp3) is 0.176. The summed E-state index contributed by atoms with van der Waals surface area (Å²) in [6.45, 7) is 1.66. The zero-order valence-electron chi connectivity index (χ0n) is 12.3. The van der Waals surface area contributed by atoms with Gasteiger partial charge < -0.3 is 9.88 Å². The lowest BCUT2D eigenvalue weighted by Crippen LogP contribution is -2.34. The predicted molar refractivity (Wildman–Crippen MR) is 82.0 cm³/mol. The first-order valence-electron chi connectivity index (χ1n) is 6.83.